The largest absolute Gasteiger partial charge is 0.449 e. The number of amides is 1. The molecule has 0 aromatic carbocycles. The third-order valence-corrected chi connectivity index (χ3v) is 2.70. The van der Waals surface area contributed by atoms with Crippen molar-refractivity contribution in [3.63, 3.8) is 0 Å². The molecule has 0 bridgehead atoms. The zero-order valence-corrected chi connectivity index (χ0v) is 10.4. The number of furan rings is 1. The second-order valence-corrected chi connectivity index (χ2v) is 4.25. The van der Waals surface area contributed by atoms with Gasteiger partial charge in [0, 0.05) is 18.5 Å². The number of pyridine rings is 2. The molecule has 3 heterocycles. The van der Waals surface area contributed by atoms with Gasteiger partial charge in [-0.1, -0.05) is 11.6 Å². The highest BCUT2D eigenvalue weighted by Gasteiger charge is 2.13. The zero-order chi connectivity index (χ0) is 13.2. The summed E-state index contributed by atoms with van der Waals surface area (Å²) in [6.45, 7) is 0. The predicted octanol–water partition coefficient (Wildman–Crippen LogP) is 3.13. The number of carbonyl (C=O) groups excluding carboxylic acids is 1. The number of rotatable bonds is 2. The highest BCUT2D eigenvalue weighted by Crippen LogP contribution is 2.18. The summed E-state index contributed by atoms with van der Waals surface area (Å²) in [5, 5.41) is 3.12. The Bertz CT molecular complexity index is 704. The van der Waals surface area contributed by atoms with E-state index in [0.29, 0.717) is 21.9 Å². The minimum atomic E-state index is -0.382. The summed E-state index contributed by atoms with van der Waals surface area (Å²) in [7, 11) is 0. The molecule has 5 nitrogen and oxygen atoms in total. The second kappa shape index (κ2) is 4.70. The predicted molar refractivity (Wildman–Crippen MR) is 71.2 cm³/mol. The Balaban J connectivity index is 1.85. The zero-order valence-electron chi connectivity index (χ0n) is 9.63. The SMILES string of the molecule is O=C(Nc1ccc(Cl)cn1)c1cc2ncccc2o1. The highest BCUT2D eigenvalue weighted by atomic mass is 35.5. The lowest BCUT2D eigenvalue weighted by atomic mass is 10.3. The van der Waals surface area contributed by atoms with Gasteiger partial charge in [-0.25, -0.2) is 4.98 Å². The van der Waals surface area contributed by atoms with E-state index < -0.39 is 0 Å². The van der Waals surface area contributed by atoms with Gasteiger partial charge in [-0.3, -0.25) is 9.78 Å². The molecule has 0 aliphatic heterocycles. The van der Waals surface area contributed by atoms with Gasteiger partial charge in [-0.05, 0) is 24.3 Å². The molecule has 0 saturated carbocycles. The summed E-state index contributed by atoms with van der Waals surface area (Å²) in [6, 6.07) is 8.33. The van der Waals surface area contributed by atoms with Gasteiger partial charge in [0.25, 0.3) is 5.91 Å². The van der Waals surface area contributed by atoms with Crippen LogP contribution >= 0.6 is 11.6 Å². The number of hydrogen-bond donors (Lipinski definition) is 1. The Morgan fingerprint density at radius 1 is 1.26 bits per heavy atom. The maximum absolute atomic E-state index is 12.0. The first kappa shape index (κ1) is 11.7. The van der Waals surface area contributed by atoms with Gasteiger partial charge < -0.3 is 9.73 Å². The lowest BCUT2D eigenvalue weighted by Crippen LogP contribution is -2.11. The van der Waals surface area contributed by atoms with E-state index in [1.807, 2.05) is 0 Å². The van der Waals surface area contributed by atoms with Crippen LogP contribution in [0.3, 0.4) is 0 Å². The van der Waals surface area contributed by atoms with E-state index in [-0.39, 0.29) is 11.7 Å². The first-order valence-electron chi connectivity index (χ1n) is 5.50. The molecule has 3 aromatic heterocycles. The Kier molecular flexibility index (Phi) is 2.89. The van der Waals surface area contributed by atoms with E-state index in [2.05, 4.69) is 15.3 Å². The van der Waals surface area contributed by atoms with Gasteiger partial charge in [0.2, 0.25) is 0 Å². The van der Waals surface area contributed by atoms with Gasteiger partial charge in [0.05, 0.1) is 5.02 Å². The quantitative estimate of drug-likeness (QED) is 0.779. The smallest absolute Gasteiger partial charge is 0.292 e. The van der Waals surface area contributed by atoms with Gasteiger partial charge >= 0.3 is 0 Å². The Morgan fingerprint density at radius 3 is 2.89 bits per heavy atom. The molecule has 3 rings (SSSR count). The lowest BCUT2D eigenvalue weighted by Gasteiger charge is -2.01. The third-order valence-electron chi connectivity index (χ3n) is 2.48. The monoisotopic (exact) mass is 273 g/mol. The molecule has 3 aromatic rings. The molecule has 19 heavy (non-hydrogen) atoms. The Labute approximate surface area is 113 Å². The number of nitrogens with one attached hydrogen (secondary N) is 1. The van der Waals surface area contributed by atoms with Gasteiger partial charge in [-0.15, -0.1) is 0 Å². The van der Waals surface area contributed by atoms with Crippen LogP contribution in [-0.2, 0) is 0 Å². The van der Waals surface area contributed by atoms with Crippen LogP contribution in [0.4, 0.5) is 5.82 Å². The lowest BCUT2D eigenvalue weighted by molar-refractivity contribution is 0.0998. The fourth-order valence-electron chi connectivity index (χ4n) is 1.61. The molecule has 0 fully saturated rings. The molecule has 0 unspecified atom stereocenters. The van der Waals surface area contributed by atoms with Crippen molar-refractivity contribution in [3.8, 4) is 0 Å². The normalized spacial score (nSPS) is 10.6. The first-order valence-corrected chi connectivity index (χ1v) is 5.87. The summed E-state index contributed by atoms with van der Waals surface area (Å²) in [5.41, 5.74) is 1.20. The van der Waals surface area contributed by atoms with E-state index in [1.165, 1.54) is 6.20 Å². The third kappa shape index (κ3) is 2.41. The van der Waals surface area contributed by atoms with Gasteiger partial charge in [0.1, 0.15) is 11.3 Å². The van der Waals surface area contributed by atoms with Crippen LogP contribution in [0.2, 0.25) is 5.02 Å². The molecule has 1 N–H and O–H groups in total. The number of carbonyl (C=O) groups is 1. The molecule has 0 aliphatic carbocycles. The Hall–Kier alpha value is -2.40. The molecule has 1 amide bonds. The maximum atomic E-state index is 12.0. The van der Waals surface area contributed by atoms with Gasteiger partial charge in [0.15, 0.2) is 11.3 Å². The molecule has 0 aliphatic rings. The van der Waals surface area contributed by atoms with Crippen molar-refractivity contribution in [2.75, 3.05) is 5.32 Å². The van der Waals surface area contributed by atoms with Crippen molar-refractivity contribution < 1.29 is 9.21 Å². The van der Waals surface area contributed by atoms with Crippen LogP contribution in [0.5, 0.6) is 0 Å². The van der Waals surface area contributed by atoms with Crippen LogP contribution in [-0.4, -0.2) is 15.9 Å². The van der Waals surface area contributed by atoms with Crippen LogP contribution < -0.4 is 5.32 Å². The number of nitrogens with zero attached hydrogens (tertiary/aromatic N) is 2. The summed E-state index contributed by atoms with van der Waals surface area (Å²) in [4.78, 5) is 20.0. The minimum absolute atomic E-state index is 0.186. The van der Waals surface area contributed by atoms with Crippen molar-refractivity contribution in [1.29, 1.82) is 0 Å². The van der Waals surface area contributed by atoms with Crippen LogP contribution in [0.1, 0.15) is 10.6 Å². The maximum Gasteiger partial charge on any atom is 0.292 e. The van der Waals surface area contributed by atoms with E-state index in [0.717, 1.165) is 0 Å². The second-order valence-electron chi connectivity index (χ2n) is 3.81. The molecular formula is C13H8ClN3O2. The summed E-state index contributed by atoms with van der Waals surface area (Å²) in [6.07, 6.45) is 3.09. The molecular weight excluding hydrogens is 266 g/mol. The number of halogens is 1. The minimum Gasteiger partial charge on any atom is -0.449 e. The Morgan fingerprint density at radius 2 is 2.16 bits per heavy atom. The molecule has 6 heteroatoms. The van der Waals surface area contributed by atoms with E-state index >= 15 is 0 Å². The number of hydrogen-bond acceptors (Lipinski definition) is 4. The van der Waals surface area contributed by atoms with Crippen molar-refractivity contribution in [2.45, 2.75) is 0 Å². The van der Waals surface area contributed by atoms with Crippen molar-refractivity contribution in [1.82, 2.24) is 9.97 Å². The fourth-order valence-corrected chi connectivity index (χ4v) is 1.72. The van der Waals surface area contributed by atoms with Crippen LogP contribution in [0.25, 0.3) is 11.1 Å². The van der Waals surface area contributed by atoms with Crippen molar-refractivity contribution in [2.24, 2.45) is 0 Å². The topological polar surface area (TPSA) is 68.0 Å². The summed E-state index contributed by atoms with van der Waals surface area (Å²) >= 11 is 5.72. The van der Waals surface area contributed by atoms with E-state index in [4.69, 9.17) is 16.0 Å². The molecule has 0 atom stereocenters. The average molecular weight is 274 g/mol. The summed E-state index contributed by atoms with van der Waals surface area (Å²) < 4.78 is 5.40. The standard InChI is InChI=1S/C13H8ClN3O2/c14-8-3-4-12(16-7-8)17-13(18)11-6-9-10(19-11)2-1-5-15-9/h1-7H,(H,16,17,18). The van der Waals surface area contributed by atoms with E-state index in [1.54, 1.807) is 36.5 Å². The van der Waals surface area contributed by atoms with Crippen LogP contribution in [0, 0.1) is 0 Å². The average Bonchev–Trinajstić information content (AvgIpc) is 2.85. The fraction of sp³-hybridized carbons (Fsp3) is 0. The number of anilines is 1. The summed E-state index contributed by atoms with van der Waals surface area (Å²) in [5.74, 6) is 0.209. The molecule has 0 radical (unpaired) electrons. The number of fused-ring (bicyclic) bond motifs is 1. The van der Waals surface area contributed by atoms with Crippen molar-refractivity contribution in [3.05, 3.63) is 53.5 Å². The number of aromatic nitrogens is 2. The van der Waals surface area contributed by atoms with Crippen LogP contribution in [0.15, 0.2) is 47.1 Å². The molecule has 94 valence electrons. The van der Waals surface area contributed by atoms with Crippen molar-refractivity contribution >= 4 is 34.4 Å². The highest BCUT2D eigenvalue weighted by molar-refractivity contribution is 6.30. The van der Waals surface area contributed by atoms with Gasteiger partial charge in [-0.2, -0.15) is 0 Å². The molecule has 0 saturated heterocycles. The molecule has 0 spiro atoms. The van der Waals surface area contributed by atoms with E-state index in [9.17, 15) is 4.79 Å². The first-order chi connectivity index (χ1) is 9.22.